The van der Waals surface area contributed by atoms with Gasteiger partial charge >= 0.3 is 5.97 Å². The lowest BCUT2D eigenvalue weighted by Crippen LogP contribution is -2.36. The Morgan fingerprint density at radius 1 is 1.32 bits per heavy atom. The fourth-order valence-corrected chi connectivity index (χ4v) is 2.94. The summed E-state index contributed by atoms with van der Waals surface area (Å²) >= 11 is 0. The first-order valence-corrected chi connectivity index (χ1v) is 7.60. The highest BCUT2D eigenvalue weighted by atomic mass is 16.4. The fourth-order valence-electron chi connectivity index (χ4n) is 2.94. The zero-order valence-electron chi connectivity index (χ0n) is 12.7. The normalized spacial score (nSPS) is 14.2. The van der Waals surface area contributed by atoms with E-state index in [1.165, 1.54) is 0 Å². The molecule has 0 unspecified atom stereocenters. The van der Waals surface area contributed by atoms with Crippen LogP contribution in [0.3, 0.4) is 0 Å². The molecule has 0 bridgehead atoms. The van der Waals surface area contributed by atoms with Crippen LogP contribution in [0.1, 0.15) is 24.8 Å². The molecule has 5 nitrogen and oxygen atoms in total. The highest BCUT2D eigenvalue weighted by molar-refractivity contribution is 5.89. The molecule has 1 N–H and O–H groups in total. The van der Waals surface area contributed by atoms with E-state index >= 15 is 0 Å². The Bertz CT molecular complexity index is 716. The molecule has 0 saturated heterocycles. The molecule has 0 aliphatic heterocycles. The van der Waals surface area contributed by atoms with E-state index in [9.17, 15) is 9.59 Å². The molecule has 1 aliphatic carbocycles. The Balaban J connectivity index is 1.77. The van der Waals surface area contributed by atoms with Crippen molar-refractivity contribution in [2.75, 3.05) is 6.54 Å². The molecule has 3 rings (SSSR count). The third-order valence-corrected chi connectivity index (χ3v) is 4.20. The second-order valence-corrected chi connectivity index (χ2v) is 5.92. The summed E-state index contributed by atoms with van der Waals surface area (Å²) in [5, 5.41) is 9.93. The van der Waals surface area contributed by atoms with Crippen molar-refractivity contribution in [3.8, 4) is 0 Å². The molecule has 0 atom stereocenters. The van der Waals surface area contributed by atoms with Crippen LogP contribution in [0.2, 0.25) is 0 Å². The molecule has 116 valence electrons. The van der Waals surface area contributed by atoms with E-state index in [1.54, 1.807) is 4.90 Å². The van der Waals surface area contributed by atoms with Gasteiger partial charge in [0.15, 0.2) is 0 Å². The van der Waals surface area contributed by atoms with Crippen LogP contribution < -0.4 is 0 Å². The first-order chi connectivity index (χ1) is 10.6. The van der Waals surface area contributed by atoms with E-state index in [-0.39, 0.29) is 18.4 Å². The molecule has 1 heterocycles. The first-order valence-electron chi connectivity index (χ1n) is 7.60. The number of nitrogens with zero attached hydrogens (tertiary/aromatic N) is 2. The van der Waals surface area contributed by atoms with Crippen LogP contribution in [0.4, 0.5) is 0 Å². The average molecular weight is 300 g/mol. The van der Waals surface area contributed by atoms with Crippen molar-refractivity contribution in [1.29, 1.82) is 0 Å². The predicted molar refractivity (Wildman–Crippen MR) is 83.6 cm³/mol. The maximum Gasteiger partial charge on any atom is 0.305 e. The topological polar surface area (TPSA) is 62.5 Å². The molecule has 2 aromatic rings. The lowest BCUT2D eigenvalue weighted by atomic mass is 10.1. The van der Waals surface area contributed by atoms with Crippen LogP contribution in [-0.2, 0) is 23.1 Å². The van der Waals surface area contributed by atoms with Gasteiger partial charge in [-0.3, -0.25) is 9.59 Å². The second kappa shape index (κ2) is 5.83. The van der Waals surface area contributed by atoms with Crippen LogP contribution in [0.25, 0.3) is 10.9 Å². The van der Waals surface area contributed by atoms with E-state index in [0.29, 0.717) is 13.0 Å². The van der Waals surface area contributed by atoms with Crippen LogP contribution in [0.15, 0.2) is 30.5 Å². The number of benzene rings is 1. The van der Waals surface area contributed by atoms with Crippen LogP contribution in [-0.4, -0.2) is 39.0 Å². The van der Waals surface area contributed by atoms with Gasteiger partial charge in [0, 0.05) is 36.7 Å². The highest BCUT2D eigenvalue weighted by Crippen LogP contribution is 2.28. The molecule has 1 amide bonds. The van der Waals surface area contributed by atoms with Crippen molar-refractivity contribution in [3.63, 3.8) is 0 Å². The fraction of sp³-hybridized carbons (Fsp3) is 0.412. The molecule has 5 heteroatoms. The Hall–Kier alpha value is -2.30. The molecule has 1 fully saturated rings. The zero-order chi connectivity index (χ0) is 15.7. The first kappa shape index (κ1) is 14.6. The van der Waals surface area contributed by atoms with Gasteiger partial charge in [-0.2, -0.15) is 0 Å². The Labute approximate surface area is 129 Å². The van der Waals surface area contributed by atoms with Gasteiger partial charge in [-0.15, -0.1) is 0 Å². The molecular formula is C17H20N2O3. The van der Waals surface area contributed by atoms with Crippen LogP contribution in [0, 0.1) is 0 Å². The van der Waals surface area contributed by atoms with Crippen molar-refractivity contribution in [3.05, 3.63) is 36.0 Å². The number of aromatic nitrogens is 1. The smallest absolute Gasteiger partial charge is 0.305 e. The Morgan fingerprint density at radius 3 is 2.73 bits per heavy atom. The summed E-state index contributed by atoms with van der Waals surface area (Å²) in [6.07, 6.45) is 4.31. The van der Waals surface area contributed by atoms with E-state index in [4.69, 9.17) is 5.11 Å². The van der Waals surface area contributed by atoms with E-state index in [0.717, 1.165) is 29.3 Å². The molecule has 0 radical (unpaired) electrons. The molecular weight excluding hydrogens is 280 g/mol. The SMILES string of the molecule is Cn1cc(CC(=O)N(CCC(=O)O)C2CC2)c2ccccc21. The van der Waals surface area contributed by atoms with Crippen molar-refractivity contribution >= 4 is 22.8 Å². The minimum Gasteiger partial charge on any atom is -0.481 e. The maximum atomic E-state index is 12.6. The Morgan fingerprint density at radius 2 is 2.05 bits per heavy atom. The number of aliphatic carboxylic acids is 1. The average Bonchev–Trinajstić information content (AvgIpc) is 3.26. The summed E-state index contributed by atoms with van der Waals surface area (Å²) in [6.45, 7) is 0.309. The standard InChI is InChI=1S/C17H20N2O3/c1-18-11-12(14-4-2-3-5-15(14)18)10-16(20)19(13-6-7-13)9-8-17(21)22/h2-5,11,13H,6-10H2,1H3,(H,21,22). The quantitative estimate of drug-likeness (QED) is 0.889. The lowest BCUT2D eigenvalue weighted by Gasteiger charge is -2.21. The van der Waals surface area contributed by atoms with Crippen molar-refractivity contribution < 1.29 is 14.7 Å². The van der Waals surface area contributed by atoms with Crippen LogP contribution >= 0.6 is 0 Å². The number of carboxylic acids is 1. The molecule has 1 aromatic heterocycles. The number of hydrogen-bond donors (Lipinski definition) is 1. The van der Waals surface area contributed by atoms with Crippen molar-refractivity contribution in [2.45, 2.75) is 31.7 Å². The number of fused-ring (bicyclic) bond motifs is 1. The van der Waals surface area contributed by atoms with Gasteiger partial charge in [-0.05, 0) is 24.5 Å². The number of amides is 1. The summed E-state index contributed by atoms with van der Waals surface area (Å²) in [7, 11) is 1.97. The van der Waals surface area contributed by atoms with Crippen LogP contribution in [0.5, 0.6) is 0 Å². The number of aryl methyl sites for hydroxylation is 1. The minimum absolute atomic E-state index is 0.0117. The highest BCUT2D eigenvalue weighted by Gasteiger charge is 2.32. The van der Waals surface area contributed by atoms with E-state index < -0.39 is 5.97 Å². The van der Waals surface area contributed by atoms with Gasteiger partial charge in [0.25, 0.3) is 0 Å². The zero-order valence-corrected chi connectivity index (χ0v) is 12.7. The predicted octanol–water partition coefficient (Wildman–Crippen LogP) is 2.19. The number of carbonyl (C=O) groups excluding carboxylic acids is 1. The number of hydrogen-bond acceptors (Lipinski definition) is 2. The third kappa shape index (κ3) is 2.98. The van der Waals surface area contributed by atoms with Crippen molar-refractivity contribution in [1.82, 2.24) is 9.47 Å². The van der Waals surface area contributed by atoms with Crippen molar-refractivity contribution in [2.24, 2.45) is 7.05 Å². The summed E-state index contributed by atoms with van der Waals surface area (Å²) in [5.74, 6) is -0.830. The molecule has 22 heavy (non-hydrogen) atoms. The van der Waals surface area contributed by atoms with E-state index in [1.807, 2.05) is 42.1 Å². The van der Waals surface area contributed by atoms with Gasteiger partial charge in [0.05, 0.1) is 12.8 Å². The summed E-state index contributed by atoms with van der Waals surface area (Å²) in [4.78, 5) is 25.1. The largest absolute Gasteiger partial charge is 0.481 e. The Kier molecular flexibility index (Phi) is 3.88. The van der Waals surface area contributed by atoms with Gasteiger partial charge in [-0.25, -0.2) is 0 Å². The monoisotopic (exact) mass is 300 g/mol. The van der Waals surface area contributed by atoms with Gasteiger partial charge < -0.3 is 14.6 Å². The molecule has 0 spiro atoms. The maximum absolute atomic E-state index is 12.6. The minimum atomic E-state index is -0.858. The molecule has 1 aliphatic rings. The lowest BCUT2D eigenvalue weighted by molar-refractivity contribution is -0.138. The number of carboxylic acid groups (broad SMARTS) is 1. The number of rotatable bonds is 6. The van der Waals surface area contributed by atoms with Gasteiger partial charge in [0.1, 0.15) is 0 Å². The van der Waals surface area contributed by atoms with E-state index in [2.05, 4.69) is 0 Å². The third-order valence-electron chi connectivity index (χ3n) is 4.20. The molecule has 1 aromatic carbocycles. The summed E-state index contributed by atoms with van der Waals surface area (Å²) in [6, 6.07) is 8.25. The number of carbonyl (C=O) groups is 2. The number of para-hydroxylation sites is 1. The van der Waals surface area contributed by atoms with Gasteiger partial charge in [0.2, 0.25) is 5.91 Å². The summed E-state index contributed by atoms with van der Waals surface area (Å²) < 4.78 is 2.02. The molecule has 1 saturated carbocycles. The second-order valence-electron chi connectivity index (χ2n) is 5.92. The summed E-state index contributed by atoms with van der Waals surface area (Å²) in [5.41, 5.74) is 2.11. The van der Waals surface area contributed by atoms with Gasteiger partial charge in [-0.1, -0.05) is 18.2 Å².